The highest BCUT2D eigenvalue weighted by Gasteiger charge is 2.34. The van der Waals surface area contributed by atoms with Gasteiger partial charge in [-0.25, -0.2) is 4.98 Å². The molecule has 0 amide bonds. The van der Waals surface area contributed by atoms with Crippen LogP contribution in [-0.2, 0) is 21.2 Å². The van der Waals surface area contributed by atoms with Gasteiger partial charge in [0.1, 0.15) is 6.29 Å². The molecule has 1 N–H and O–H groups in total. The molecular formula is C17H18N4O3S3. The van der Waals surface area contributed by atoms with Gasteiger partial charge in [0.05, 0.1) is 29.0 Å². The number of hydrogen-bond acceptors (Lipinski definition) is 8. The van der Waals surface area contributed by atoms with Crippen molar-refractivity contribution in [1.82, 2.24) is 4.98 Å². The molecule has 0 radical (unpaired) electrons. The lowest BCUT2D eigenvalue weighted by atomic mass is 10.1. The number of aromatic nitrogens is 1. The van der Waals surface area contributed by atoms with E-state index in [1.54, 1.807) is 30.3 Å². The molecule has 7 nitrogen and oxygen atoms in total. The summed E-state index contributed by atoms with van der Waals surface area (Å²) in [7, 11) is -2.15. The number of nitrogens with one attached hydrogen (secondary N) is 1. The second-order valence-electron chi connectivity index (χ2n) is 6.30. The van der Waals surface area contributed by atoms with Gasteiger partial charge in [0.25, 0.3) is 10.0 Å². The Morgan fingerprint density at radius 1 is 1.41 bits per heavy atom. The summed E-state index contributed by atoms with van der Waals surface area (Å²) >= 11 is 2.74. The van der Waals surface area contributed by atoms with Crippen LogP contribution < -0.4 is 9.62 Å². The summed E-state index contributed by atoms with van der Waals surface area (Å²) in [6, 6.07) is 5.67. The van der Waals surface area contributed by atoms with Gasteiger partial charge in [0.15, 0.2) is 0 Å². The van der Waals surface area contributed by atoms with Crippen molar-refractivity contribution in [3.05, 3.63) is 35.3 Å². The summed E-state index contributed by atoms with van der Waals surface area (Å²) in [5.41, 5.74) is 2.46. The molecule has 10 heteroatoms. The lowest BCUT2D eigenvalue weighted by molar-refractivity contribution is -0.107. The molecule has 0 saturated carbocycles. The SMILES string of the molecule is CN(c1cccc2c1NC(C1=NCC(CC=O)S1)C2)S(=O)(=O)c1nccs1. The number of carbonyl (C=O) groups excluding carboxylic acids is 1. The molecule has 0 fully saturated rings. The third-order valence-corrected chi connectivity index (χ3v) is 8.88. The standard InChI is InChI=1S/C17H18N4O3S3/c1-21(27(23,24)17-18-6-8-25-17)14-4-2-3-11-9-13(20-15(11)14)16-19-10-12(26-16)5-7-22/h2-4,6-8,12-13,20H,5,9-10H2,1H3. The molecule has 0 saturated heterocycles. The van der Waals surface area contributed by atoms with Gasteiger partial charge in [-0.3, -0.25) is 9.30 Å². The number of sulfonamides is 1. The van der Waals surface area contributed by atoms with Gasteiger partial charge in [-0.15, -0.1) is 23.1 Å². The van der Waals surface area contributed by atoms with E-state index in [4.69, 9.17) is 0 Å². The van der Waals surface area contributed by atoms with E-state index in [-0.39, 0.29) is 15.6 Å². The molecular weight excluding hydrogens is 404 g/mol. The minimum Gasteiger partial charge on any atom is -0.374 e. The van der Waals surface area contributed by atoms with Crippen LogP contribution in [-0.4, -0.2) is 49.6 Å². The average molecular weight is 423 g/mol. The first kappa shape index (κ1) is 18.5. The maximum absolute atomic E-state index is 12.8. The summed E-state index contributed by atoms with van der Waals surface area (Å²) in [4.78, 5) is 19.3. The third kappa shape index (κ3) is 3.37. The minimum absolute atomic E-state index is 0.0127. The van der Waals surface area contributed by atoms with E-state index in [9.17, 15) is 13.2 Å². The largest absolute Gasteiger partial charge is 0.374 e. The Morgan fingerprint density at radius 2 is 2.26 bits per heavy atom. The number of nitrogens with zero attached hydrogens (tertiary/aromatic N) is 3. The number of rotatable bonds is 6. The third-order valence-electron chi connectivity index (χ3n) is 4.60. The zero-order valence-corrected chi connectivity index (χ0v) is 17.0. The van der Waals surface area contributed by atoms with Gasteiger partial charge in [0, 0.05) is 36.7 Å². The molecule has 0 aliphatic carbocycles. The molecule has 2 aliphatic rings. The predicted octanol–water partition coefficient (Wildman–Crippen LogP) is 2.41. The number of carbonyl (C=O) groups is 1. The first-order valence-corrected chi connectivity index (χ1v) is 11.6. The molecule has 2 unspecified atom stereocenters. The second kappa shape index (κ2) is 7.25. The molecule has 1 aromatic carbocycles. The molecule has 2 atom stereocenters. The molecule has 27 heavy (non-hydrogen) atoms. The van der Waals surface area contributed by atoms with E-state index in [0.29, 0.717) is 18.7 Å². The highest BCUT2D eigenvalue weighted by Crippen LogP contribution is 2.39. The Morgan fingerprint density at radius 3 is 3.00 bits per heavy atom. The van der Waals surface area contributed by atoms with Crippen LogP contribution in [0.15, 0.2) is 39.1 Å². The normalized spacial score (nSPS) is 21.4. The summed E-state index contributed by atoms with van der Waals surface area (Å²) in [5.74, 6) is 0. The number of hydrogen-bond donors (Lipinski definition) is 1. The highest BCUT2D eigenvalue weighted by molar-refractivity contribution is 8.14. The maximum atomic E-state index is 12.8. The molecule has 1 aromatic heterocycles. The number of para-hydroxylation sites is 1. The van der Waals surface area contributed by atoms with Crippen molar-refractivity contribution in [1.29, 1.82) is 0 Å². The van der Waals surface area contributed by atoms with E-state index in [0.717, 1.165) is 40.3 Å². The van der Waals surface area contributed by atoms with Gasteiger partial charge in [-0.05, 0) is 11.6 Å². The number of aldehydes is 1. The Balaban J connectivity index is 1.58. The summed E-state index contributed by atoms with van der Waals surface area (Å²) in [6.07, 6.45) is 3.66. The van der Waals surface area contributed by atoms with Crippen molar-refractivity contribution in [2.24, 2.45) is 4.99 Å². The first-order valence-electron chi connectivity index (χ1n) is 8.42. The number of anilines is 2. The highest BCUT2D eigenvalue weighted by atomic mass is 32.2. The van der Waals surface area contributed by atoms with Crippen LogP contribution in [0, 0.1) is 0 Å². The Kier molecular flexibility index (Phi) is 4.95. The molecule has 2 aliphatic heterocycles. The number of thioether (sulfide) groups is 1. The monoisotopic (exact) mass is 422 g/mol. The van der Waals surface area contributed by atoms with E-state index in [2.05, 4.69) is 15.3 Å². The van der Waals surface area contributed by atoms with Crippen LogP contribution in [0.25, 0.3) is 0 Å². The Hall–Kier alpha value is -1.91. The van der Waals surface area contributed by atoms with Crippen LogP contribution in [0.3, 0.4) is 0 Å². The topological polar surface area (TPSA) is 91.7 Å². The van der Waals surface area contributed by atoms with Crippen molar-refractivity contribution in [3.8, 4) is 0 Å². The van der Waals surface area contributed by atoms with Gasteiger partial charge >= 0.3 is 0 Å². The van der Waals surface area contributed by atoms with Crippen molar-refractivity contribution in [3.63, 3.8) is 0 Å². The lowest BCUT2D eigenvalue weighted by Crippen LogP contribution is -2.28. The number of aliphatic imine (C=N–C) groups is 1. The molecule has 4 rings (SSSR count). The van der Waals surface area contributed by atoms with Gasteiger partial charge < -0.3 is 10.1 Å². The molecule has 2 aromatic rings. The molecule has 0 spiro atoms. The summed E-state index contributed by atoms with van der Waals surface area (Å²) in [5, 5.41) is 6.28. The van der Waals surface area contributed by atoms with E-state index < -0.39 is 10.0 Å². The van der Waals surface area contributed by atoms with Crippen LogP contribution >= 0.6 is 23.1 Å². The average Bonchev–Trinajstić information content (AvgIpc) is 3.39. The smallest absolute Gasteiger partial charge is 0.291 e. The Bertz CT molecular complexity index is 989. The van der Waals surface area contributed by atoms with E-state index in [1.165, 1.54) is 10.5 Å². The van der Waals surface area contributed by atoms with Gasteiger partial charge in [0.2, 0.25) is 4.34 Å². The van der Waals surface area contributed by atoms with Crippen molar-refractivity contribution >= 4 is 55.8 Å². The van der Waals surface area contributed by atoms with Crippen LogP contribution in [0.4, 0.5) is 11.4 Å². The first-order chi connectivity index (χ1) is 13.0. The predicted molar refractivity (Wildman–Crippen MR) is 110 cm³/mol. The molecule has 142 valence electrons. The minimum atomic E-state index is -3.70. The van der Waals surface area contributed by atoms with Crippen molar-refractivity contribution in [2.75, 3.05) is 23.2 Å². The maximum Gasteiger partial charge on any atom is 0.291 e. The zero-order valence-electron chi connectivity index (χ0n) is 14.5. The van der Waals surface area contributed by atoms with E-state index in [1.807, 2.05) is 12.1 Å². The Labute approximate surface area is 166 Å². The number of thiazole rings is 1. The zero-order chi connectivity index (χ0) is 19.0. The molecule has 0 bridgehead atoms. The van der Waals surface area contributed by atoms with Crippen LogP contribution in [0.5, 0.6) is 0 Å². The van der Waals surface area contributed by atoms with Gasteiger partial charge in [-0.2, -0.15) is 8.42 Å². The fourth-order valence-electron chi connectivity index (χ4n) is 3.22. The van der Waals surface area contributed by atoms with Crippen molar-refractivity contribution < 1.29 is 13.2 Å². The summed E-state index contributed by atoms with van der Waals surface area (Å²) in [6.45, 7) is 0.651. The molecule has 3 heterocycles. The summed E-state index contributed by atoms with van der Waals surface area (Å²) < 4.78 is 27.0. The number of benzene rings is 1. The van der Waals surface area contributed by atoms with Gasteiger partial charge in [-0.1, -0.05) is 12.1 Å². The fourth-order valence-corrected chi connectivity index (χ4v) is 6.53. The van der Waals surface area contributed by atoms with E-state index >= 15 is 0 Å². The van der Waals surface area contributed by atoms with Crippen LogP contribution in [0.2, 0.25) is 0 Å². The number of fused-ring (bicyclic) bond motifs is 1. The van der Waals surface area contributed by atoms with Crippen molar-refractivity contribution in [2.45, 2.75) is 28.5 Å². The lowest BCUT2D eigenvalue weighted by Gasteiger charge is -2.21. The van der Waals surface area contributed by atoms with Crippen LogP contribution in [0.1, 0.15) is 12.0 Å². The fraction of sp³-hybridized carbons (Fsp3) is 0.353. The second-order valence-corrected chi connectivity index (χ2v) is 10.7. The quantitative estimate of drug-likeness (QED) is 0.719.